The topological polar surface area (TPSA) is 36.8 Å². The van der Waals surface area contributed by atoms with Crippen molar-refractivity contribution in [1.82, 2.24) is 5.32 Å². The number of hydrogen-bond acceptors (Lipinski definition) is 3. The van der Waals surface area contributed by atoms with Gasteiger partial charge in [-0.1, -0.05) is 26.7 Å². The average molecular weight is 223 g/mol. The fourth-order valence-electron chi connectivity index (χ4n) is 1.59. The van der Waals surface area contributed by atoms with E-state index < -0.39 is 0 Å². The Kier molecular flexibility index (Phi) is 8.49. The van der Waals surface area contributed by atoms with Crippen LogP contribution in [-0.2, 0) is 0 Å². The summed E-state index contributed by atoms with van der Waals surface area (Å²) in [5.41, 5.74) is 1.16. The molecule has 16 heavy (non-hydrogen) atoms. The fourth-order valence-corrected chi connectivity index (χ4v) is 1.59. The maximum atomic E-state index is 4.31. The maximum Gasteiger partial charge on any atom is 0.129 e. The molecular weight excluding hydrogens is 198 g/mol. The van der Waals surface area contributed by atoms with Crippen LogP contribution in [0.2, 0.25) is 0 Å². The summed E-state index contributed by atoms with van der Waals surface area (Å²) in [5.74, 6) is 1.32. The van der Waals surface area contributed by atoms with Gasteiger partial charge in [0.2, 0.25) is 0 Å². The number of nitrogens with zero attached hydrogens (tertiary/aromatic N) is 2. The molecule has 0 saturated heterocycles. The SMILES string of the molecule is C=N/C(NC)=C(\C=N/CC)C(C)CCCC. The van der Waals surface area contributed by atoms with Gasteiger partial charge in [0.1, 0.15) is 5.82 Å². The predicted molar refractivity (Wildman–Crippen MR) is 73.4 cm³/mol. The molecule has 0 heterocycles. The van der Waals surface area contributed by atoms with Crippen molar-refractivity contribution in [3.05, 3.63) is 11.4 Å². The summed E-state index contributed by atoms with van der Waals surface area (Å²) in [5, 5.41) is 3.08. The highest BCUT2D eigenvalue weighted by Crippen LogP contribution is 2.19. The lowest BCUT2D eigenvalue weighted by Gasteiger charge is -2.15. The van der Waals surface area contributed by atoms with E-state index in [4.69, 9.17) is 0 Å². The molecule has 0 aromatic rings. The Morgan fingerprint density at radius 3 is 2.56 bits per heavy atom. The summed E-state index contributed by atoms with van der Waals surface area (Å²) in [6.45, 7) is 10.9. The molecule has 0 amide bonds. The van der Waals surface area contributed by atoms with E-state index >= 15 is 0 Å². The van der Waals surface area contributed by atoms with Crippen LogP contribution in [0.5, 0.6) is 0 Å². The van der Waals surface area contributed by atoms with Gasteiger partial charge in [0.25, 0.3) is 0 Å². The number of rotatable bonds is 8. The first-order valence-electron chi connectivity index (χ1n) is 6.09. The summed E-state index contributed by atoms with van der Waals surface area (Å²) >= 11 is 0. The van der Waals surface area contributed by atoms with Crippen LogP contribution in [0.15, 0.2) is 21.4 Å². The second kappa shape index (κ2) is 9.13. The molecule has 3 nitrogen and oxygen atoms in total. The molecule has 0 aliphatic rings. The Morgan fingerprint density at radius 1 is 1.44 bits per heavy atom. The Hall–Kier alpha value is -1.12. The van der Waals surface area contributed by atoms with Crippen molar-refractivity contribution in [2.45, 2.75) is 40.0 Å². The van der Waals surface area contributed by atoms with E-state index in [0.29, 0.717) is 5.92 Å². The molecule has 0 fully saturated rings. The third kappa shape index (κ3) is 5.10. The zero-order valence-corrected chi connectivity index (χ0v) is 11.1. The van der Waals surface area contributed by atoms with Gasteiger partial charge in [-0.3, -0.25) is 4.99 Å². The third-order valence-electron chi connectivity index (χ3n) is 2.60. The molecule has 0 aliphatic carbocycles. The highest BCUT2D eigenvalue weighted by Gasteiger charge is 2.11. The highest BCUT2D eigenvalue weighted by atomic mass is 15.0. The van der Waals surface area contributed by atoms with Crippen LogP contribution in [0, 0.1) is 5.92 Å². The first-order chi connectivity index (χ1) is 7.71. The Bertz CT molecular complexity index is 254. The minimum atomic E-state index is 0.475. The van der Waals surface area contributed by atoms with Gasteiger partial charge in [-0.15, -0.1) is 0 Å². The quantitative estimate of drug-likeness (QED) is 0.631. The average Bonchev–Trinajstić information content (AvgIpc) is 2.31. The summed E-state index contributed by atoms with van der Waals surface area (Å²) < 4.78 is 0. The molecule has 0 radical (unpaired) electrons. The van der Waals surface area contributed by atoms with E-state index in [0.717, 1.165) is 17.9 Å². The largest absolute Gasteiger partial charge is 0.373 e. The smallest absolute Gasteiger partial charge is 0.129 e. The van der Waals surface area contributed by atoms with Gasteiger partial charge in [0, 0.05) is 25.4 Å². The van der Waals surface area contributed by atoms with Crippen molar-refractivity contribution in [2.75, 3.05) is 13.6 Å². The molecule has 0 aliphatic heterocycles. The lowest BCUT2D eigenvalue weighted by Crippen LogP contribution is -2.13. The molecule has 1 unspecified atom stereocenters. The molecule has 3 heteroatoms. The van der Waals surface area contributed by atoms with E-state index in [1.54, 1.807) is 0 Å². The van der Waals surface area contributed by atoms with Gasteiger partial charge in [-0.2, -0.15) is 0 Å². The van der Waals surface area contributed by atoms with E-state index in [-0.39, 0.29) is 0 Å². The monoisotopic (exact) mass is 223 g/mol. The number of nitrogens with one attached hydrogen (secondary N) is 1. The van der Waals surface area contributed by atoms with Gasteiger partial charge in [-0.05, 0) is 26.0 Å². The summed E-state index contributed by atoms with van der Waals surface area (Å²) in [6.07, 6.45) is 5.56. The van der Waals surface area contributed by atoms with Crippen molar-refractivity contribution in [1.29, 1.82) is 0 Å². The molecule has 0 aromatic heterocycles. The molecule has 1 N–H and O–H groups in total. The Labute approximate surface area is 99.8 Å². The van der Waals surface area contributed by atoms with Crippen molar-refractivity contribution in [3.63, 3.8) is 0 Å². The number of allylic oxidation sites excluding steroid dienone is 1. The lowest BCUT2D eigenvalue weighted by molar-refractivity contribution is 0.579. The molecule has 0 aromatic carbocycles. The molecular formula is C13H25N3. The molecule has 92 valence electrons. The number of unbranched alkanes of at least 4 members (excludes halogenated alkanes) is 1. The van der Waals surface area contributed by atoms with Gasteiger partial charge >= 0.3 is 0 Å². The van der Waals surface area contributed by atoms with Gasteiger partial charge < -0.3 is 5.32 Å². The van der Waals surface area contributed by atoms with E-state index in [9.17, 15) is 0 Å². The third-order valence-corrected chi connectivity index (χ3v) is 2.60. The highest BCUT2D eigenvalue weighted by molar-refractivity contribution is 5.80. The first-order valence-corrected chi connectivity index (χ1v) is 6.09. The summed E-state index contributed by atoms with van der Waals surface area (Å²) in [6, 6.07) is 0. The van der Waals surface area contributed by atoms with Crippen LogP contribution in [0.4, 0.5) is 0 Å². The van der Waals surface area contributed by atoms with Crippen LogP contribution in [0.1, 0.15) is 40.0 Å². The van der Waals surface area contributed by atoms with Crippen LogP contribution in [0.25, 0.3) is 0 Å². The van der Waals surface area contributed by atoms with Crippen molar-refractivity contribution in [2.24, 2.45) is 15.9 Å². The molecule has 1 atom stereocenters. The minimum absolute atomic E-state index is 0.475. The second-order valence-corrected chi connectivity index (χ2v) is 3.88. The first kappa shape index (κ1) is 14.9. The zero-order valence-electron chi connectivity index (χ0n) is 11.1. The standard InChI is InChI=1S/C13H25N3/c1-6-8-9-11(3)12(10-16-7-2)13(14-4)15-5/h10-11,15H,4,6-9H2,1-3,5H3/b13-12-,16-10-. The molecule has 0 spiro atoms. The van der Waals surface area contributed by atoms with E-state index in [1.165, 1.54) is 19.3 Å². The maximum absolute atomic E-state index is 4.31. The second-order valence-electron chi connectivity index (χ2n) is 3.88. The van der Waals surface area contributed by atoms with E-state index in [1.807, 2.05) is 20.2 Å². The minimum Gasteiger partial charge on any atom is -0.373 e. The lowest BCUT2D eigenvalue weighted by atomic mass is 9.96. The summed E-state index contributed by atoms with van der Waals surface area (Å²) in [4.78, 5) is 8.32. The van der Waals surface area contributed by atoms with Crippen molar-refractivity contribution < 1.29 is 0 Å². The van der Waals surface area contributed by atoms with Crippen LogP contribution >= 0.6 is 0 Å². The normalized spacial score (nSPS) is 14.8. The Balaban J connectivity index is 4.84. The zero-order chi connectivity index (χ0) is 12.4. The van der Waals surface area contributed by atoms with E-state index in [2.05, 4.69) is 35.9 Å². The number of hydrogen-bond donors (Lipinski definition) is 1. The van der Waals surface area contributed by atoms with Crippen LogP contribution in [-0.4, -0.2) is 26.5 Å². The van der Waals surface area contributed by atoms with Crippen molar-refractivity contribution in [3.8, 4) is 0 Å². The van der Waals surface area contributed by atoms with Gasteiger partial charge in [0.05, 0.1) is 0 Å². The number of aliphatic imine (C=N–C) groups is 2. The fraction of sp³-hybridized carbons (Fsp3) is 0.692. The molecule has 0 bridgehead atoms. The van der Waals surface area contributed by atoms with Gasteiger partial charge in [-0.25, -0.2) is 4.99 Å². The predicted octanol–water partition coefficient (Wildman–Crippen LogP) is 3.04. The Morgan fingerprint density at radius 2 is 2.12 bits per heavy atom. The van der Waals surface area contributed by atoms with Crippen LogP contribution < -0.4 is 5.32 Å². The summed E-state index contributed by atoms with van der Waals surface area (Å²) in [7, 11) is 1.87. The van der Waals surface area contributed by atoms with Crippen molar-refractivity contribution >= 4 is 12.9 Å². The molecule has 0 saturated carbocycles. The molecule has 0 rings (SSSR count). The van der Waals surface area contributed by atoms with Crippen LogP contribution in [0.3, 0.4) is 0 Å². The van der Waals surface area contributed by atoms with Gasteiger partial charge in [0.15, 0.2) is 0 Å².